The predicted octanol–water partition coefficient (Wildman–Crippen LogP) is 3.83. The first-order valence-electron chi connectivity index (χ1n) is 8.28. The van der Waals surface area contributed by atoms with Crippen molar-refractivity contribution in [2.45, 2.75) is 64.0 Å². The second-order valence-electron chi connectivity index (χ2n) is 6.46. The lowest BCUT2D eigenvalue weighted by atomic mass is 10.1. The molecule has 0 N–H and O–H groups in total. The van der Waals surface area contributed by atoms with Gasteiger partial charge in [0.1, 0.15) is 0 Å². The normalized spacial score (nSPS) is 23.6. The van der Waals surface area contributed by atoms with Gasteiger partial charge in [-0.1, -0.05) is 18.0 Å². The van der Waals surface area contributed by atoms with Crippen molar-refractivity contribution in [1.82, 2.24) is 20.0 Å². The maximum absolute atomic E-state index is 5.15. The molecule has 0 amide bonds. The van der Waals surface area contributed by atoms with E-state index >= 15 is 0 Å². The van der Waals surface area contributed by atoms with Crippen molar-refractivity contribution < 1.29 is 4.52 Å². The van der Waals surface area contributed by atoms with E-state index in [0.29, 0.717) is 11.8 Å². The van der Waals surface area contributed by atoms with Gasteiger partial charge in [0.05, 0.1) is 16.7 Å². The Morgan fingerprint density at radius 3 is 2.86 bits per heavy atom. The van der Waals surface area contributed by atoms with Gasteiger partial charge in [-0.2, -0.15) is 4.98 Å². The highest BCUT2D eigenvalue weighted by Gasteiger charge is 2.30. The molecule has 1 aliphatic carbocycles. The van der Waals surface area contributed by atoms with Crippen LogP contribution in [0.5, 0.6) is 0 Å². The minimum atomic E-state index is 0.286. The van der Waals surface area contributed by atoms with Gasteiger partial charge in [0.15, 0.2) is 5.82 Å². The summed E-state index contributed by atoms with van der Waals surface area (Å²) in [7, 11) is 0. The van der Waals surface area contributed by atoms with Crippen LogP contribution in [0.15, 0.2) is 9.90 Å². The number of likely N-dealkylation sites (tertiary alicyclic amines) is 1. The number of thiazole rings is 1. The molecule has 4 rings (SSSR count). The summed E-state index contributed by atoms with van der Waals surface area (Å²) in [5.41, 5.74) is 1.21. The second-order valence-corrected chi connectivity index (χ2v) is 7.35. The van der Waals surface area contributed by atoms with E-state index in [4.69, 9.17) is 9.51 Å². The highest BCUT2D eigenvalue weighted by atomic mass is 32.1. The molecule has 0 spiro atoms. The van der Waals surface area contributed by atoms with Gasteiger partial charge >= 0.3 is 0 Å². The molecule has 1 saturated carbocycles. The molecule has 1 aliphatic heterocycles. The Kier molecular flexibility index (Phi) is 3.96. The van der Waals surface area contributed by atoms with Gasteiger partial charge in [0, 0.05) is 24.8 Å². The number of rotatable bonds is 4. The molecule has 6 heteroatoms. The summed E-state index contributed by atoms with van der Waals surface area (Å²) in [5, 5.41) is 7.70. The minimum Gasteiger partial charge on any atom is -0.340 e. The number of aryl methyl sites for hydroxylation is 1. The molecule has 0 radical (unpaired) electrons. The third-order valence-electron chi connectivity index (χ3n) is 4.84. The minimum absolute atomic E-state index is 0.286. The van der Waals surface area contributed by atoms with Crippen molar-refractivity contribution in [3.8, 4) is 0 Å². The van der Waals surface area contributed by atoms with Crippen LogP contribution in [0.4, 0.5) is 0 Å². The zero-order valence-corrected chi connectivity index (χ0v) is 13.8. The summed E-state index contributed by atoms with van der Waals surface area (Å²) in [6, 6.07) is 0.286. The first-order valence-corrected chi connectivity index (χ1v) is 9.16. The van der Waals surface area contributed by atoms with Gasteiger partial charge in [-0.05, 0) is 32.2 Å². The quantitative estimate of drug-likeness (QED) is 0.857. The predicted molar refractivity (Wildman–Crippen MR) is 84.7 cm³/mol. The standard InChI is InChI=1S/C16H22N4OS/c1-11-17-15(19-21-11)14-7-4-8-20(14)9-13-10-22-16(18-13)12-5-2-3-6-12/h10,12,14H,2-9H2,1H3/t14-/m0/s1. The molecule has 1 atom stereocenters. The van der Waals surface area contributed by atoms with Gasteiger partial charge in [0.2, 0.25) is 5.89 Å². The lowest BCUT2D eigenvalue weighted by Gasteiger charge is -2.20. The summed E-state index contributed by atoms with van der Waals surface area (Å²) in [6.07, 6.45) is 7.68. The van der Waals surface area contributed by atoms with Crippen molar-refractivity contribution in [2.24, 2.45) is 0 Å². The molecule has 2 aliphatic rings. The van der Waals surface area contributed by atoms with Crippen LogP contribution in [-0.2, 0) is 6.54 Å². The highest BCUT2D eigenvalue weighted by Crippen LogP contribution is 2.36. The first-order chi connectivity index (χ1) is 10.8. The average molecular weight is 318 g/mol. The molecule has 1 saturated heterocycles. The topological polar surface area (TPSA) is 55.1 Å². The number of hydrogen-bond acceptors (Lipinski definition) is 6. The van der Waals surface area contributed by atoms with Crippen LogP contribution < -0.4 is 0 Å². The SMILES string of the molecule is Cc1nc([C@@H]2CCCN2Cc2csc(C3CCCC3)n2)no1. The molecule has 22 heavy (non-hydrogen) atoms. The second kappa shape index (κ2) is 6.08. The Morgan fingerprint density at radius 2 is 2.09 bits per heavy atom. The Bertz CT molecular complexity index is 632. The molecule has 0 unspecified atom stereocenters. The molecule has 3 heterocycles. The lowest BCUT2D eigenvalue weighted by molar-refractivity contribution is 0.232. The molecule has 5 nitrogen and oxygen atoms in total. The maximum atomic E-state index is 5.15. The van der Waals surface area contributed by atoms with Crippen molar-refractivity contribution in [2.75, 3.05) is 6.54 Å². The van der Waals surface area contributed by atoms with E-state index in [1.165, 1.54) is 42.8 Å². The lowest BCUT2D eigenvalue weighted by Crippen LogP contribution is -2.23. The Hall–Kier alpha value is -1.27. The summed E-state index contributed by atoms with van der Waals surface area (Å²) in [4.78, 5) is 11.8. The fraction of sp³-hybridized carbons (Fsp3) is 0.688. The monoisotopic (exact) mass is 318 g/mol. The van der Waals surface area contributed by atoms with Crippen LogP contribution in [-0.4, -0.2) is 26.6 Å². The fourth-order valence-corrected chi connectivity index (χ4v) is 4.70. The van der Waals surface area contributed by atoms with Crippen molar-refractivity contribution >= 4 is 11.3 Å². The molecule has 2 aromatic heterocycles. The Labute approximate surface area is 134 Å². The van der Waals surface area contributed by atoms with Crippen LogP contribution >= 0.6 is 11.3 Å². The van der Waals surface area contributed by atoms with Crippen molar-refractivity contribution in [1.29, 1.82) is 0 Å². The third kappa shape index (κ3) is 2.82. The molecule has 0 bridgehead atoms. The molecule has 2 fully saturated rings. The third-order valence-corrected chi connectivity index (χ3v) is 5.90. The van der Waals surface area contributed by atoms with E-state index in [-0.39, 0.29) is 6.04 Å². The molecular formula is C16H22N4OS. The van der Waals surface area contributed by atoms with Gasteiger partial charge in [0.25, 0.3) is 0 Å². The maximum Gasteiger partial charge on any atom is 0.223 e. The molecular weight excluding hydrogens is 296 g/mol. The van der Waals surface area contributed by atoms with Crippen LogP contribution in [0.3, 0.4) is 0 Å². The Balaban J connectivity index is 1.45. The van der Waals surface area contributed by atoms with Crippen LogP contribution in [0.25, 0.3) is 0 Å². The van der Waals surface area contributed by atoms with Crippen molar-refractivity contribution in [3.63, 3.8) is 0 Å². The van der Waals surface area contributed by atoms with Gasteiger partial charge in [-0.25, -0.2) is 4.98 Å². The van der Waals surface area contributed by atoms with Crippen molar-refractivity contribution in [3.05, 3.63) is 27.8 Å². The van der Waals surface area contributed by atoms with Gasteiger partial charge < -0.3 is 4.52 Å². The summed E-state index contributed by atoms with van der Waals surface area (Å²) in [5.74, 6) is 2.20. The number of nitrogens with zero attached hydrogens (tertiary/aromatic N) is 4. The molecule has 2 aromatic rings. The van der Waals surface area contributed by atoms with E-state index in [1.54, 1.807) is 0 Å². The average Bonchev–Trinajstić information content (AvgIpc) is 3.26. The van der Waals surface area contributed by atoms with E-state index in [9.17, 15) is 0 Å². The zero-order valence-electron chi connectivity index (χ0n) is 13.0. The smallest absolute Gasteiger partial charge is 0.223 e. The number of hydrogen-bond donors (Lipinski definition) is 0. The van der Waals surface area contributed by atoms with Crippen LogP contribution in [0, 0.1) is 6.92 Å². The van der Waals surface area contributed by atoms with Gasteiger partial charge in [-0.3, -0.25) is 4.90 Å². The van der Waals surface area contributed by atoms with E-state index in [0.717, 1.165) is 25.3 Å². The summed E-state index contributed by atoms with van der Waals surface area (Å²) < 4.78 is 5.15. The molecule has 0 aromatic carbocycles. The zero-order chi connectivity index (χ0) is 14.9. The Morgan fingerprint density at radius 1 is 1.23 bits per heavy atom. The summed E-state index contributed by atoms with van der Waals surface area (Å²) >= 11 is 1.84. The highest BCUT2D eigenvalue weighted by molar-refractivity contribution is 7.09. The largest absolute Gasteiger partial charge is 0.340 e. The van der Waals surface area contributed by atoms with Gasteiger partial charge in [-0.15, -0.1) is 11.3 Å². The first kappa shape index (κ1) is 14.3. The summed E-state index contributed by atoms with van der Waals surface area (Å²) in [6.45, 7) is 3.85. The number of aromatic nitrogens is 3. The van der Waals surface area contributed by atoms with Crippen LogP contribution in [0.1, 0.15) is 72.9 Å². The van der Waals surface area contributed by atoms with E-state index < -0.39 is 0 Å². The van der Waals surface area contributed by atoms with E-state index in [2.05, 4.69) is 20.4 Å². The van der Waals surface area contributed by atoms with E-state index in [1.807, 2.05) is 18.3 Å². The molecule has 118 valence electrons. The fourth-order valence-electron chi connectivity index (χ4n) is 3.72. The van der Waals surface area contributed by atoms with Crippen LogP contribution in [0.2, 0.25) is 0 Å².